The first-order valence-electron chi connectivity index (χ1n) is 6.45. The Hall–Kier alpha value is -1.99. The van der Waals surface area contributed by atoms with E-state index in [0.29, 0.717) is 6.61 Å². The molecule has 1 fully saturated rings. The molecule has 0 spiro atoms. The predicted molar refractivity (Wildman–Crippen MR) is 73.9 cm³/mol. The molecule has 0 aliphatic carbocycles. The smallest absolute Gasteiger partial charge is 0.269 e. The van der Waals surface area contributed by atoms with Gasteiger partial charge in [0.1, 0.15) is 6.61 Å². The molecule has 0 N–H and O–H groups in total. The molecule has 0 amide bonds. The second kappa shape index (κ2) is 7.56. The summed E-state index contributed by atoms with van der Waals surface area (Å²) in [6.45, 7) is 4.73. The Balaban J connectivity index is 1.68. The van der Waals surface area contributed by atoms with E-state index in [1.54, 1.807) is 18.3 Å². The molecule has 2 rings (SSSR count). The van der Waals surface area contributed by atoms with Crippen molar-refractivity contribution in [3.63, 3.8) is 0 Å². The quantitative estimate of drug-likeness (QED) is 0.339. The van der Waals surface area contributed by atoms with Gasteiger partial charge in [-0.25, -0.2) is 0 Å². The molecule has 7 nitrogen and oxygen atoms in total. The summed E-state index contributed by atoms with van der Waals surface area (Å²) in [6, 6.07) is 6.14. The molecule has 1 heterocycles. The SMILES string of the molecule is O=[N+]([O-])c1ccc(/C=N/OCCN2CCOCC2)cc1. The Morgan fingerprint density at radius 3 is 2.70 bits per heavy atom. The highest BCUT2D eigenvalue weighted by Gasteiger charge is 2.09. The first-order chi connectivity index (χ1) is 9.75. The molecule has 1 aromatic rings. The van der Waals surface area contributed by atoms with E-state index in [1.807, 2.05) is 0 Å². The van der Waals surface area contributed by atoms with Crippen molar-refractivity contribution in [1.82, 2.24) is 4.90 Å². The normalized spacial score (nSPS) is 16.4. The number of nitro benzene ring substituents is 1. The second-order valence-electron chi connectivity index (χ2n) is 4.37. The van der Waals surface area contributed by atoms with Gasteiger partial charge in [-0.3, -0.25) is 15.0 Å². The number of hydrogen-bond donors (Lipinski definition) is 0. The summed E-state index contributed by atoms with van der Waals surface area (Å²) in [4.78, 5) is 17.5. The number of ether oxygens (including phenoxy) is 1. The van der Waals surface area contributed by atoms with Gasteiger partial charge in [0, 0.05) is 31.8 Å². The first kappa shape index (κ1) is 14.4. The number of nitro groups is 1. The van der Waals surface area contributed by atoms with Crippen LogP contribution in [0.3, 0.4) is 0 Å². The molecule has 1 aromatic carbocycles. The third-order valence-electron chi connectivity index (χ3n) is 2.98. The van der Waals surface area contributed by atoms with Crippen molar-refractivity contribution in [3.8, 4) is 0 Å². The molecule has 0 bridgehead atoms. The third kappa shape index (κ3) is 4.60. The lowest BCUT2D eigenvalue weighted by Crippen LogP contribution is -2.38. The van der Waals surface area contributed by atoms with Crippen molar-refractivity contribution in [2.45, 2.75) is 0 Å². The van der Waals surface area contributed by atoms with Crippen molar-refractivity contribution in [3.05, 3.63) is 39.9 Å². The Labute approximate surface area is 116 Å². The topological polar surface area (TPSA) is 77.2 Å². The average Bonchev–Trinajstić information content (AvgIpc) is 2.48. The molecule has 108 valence electrons. The van der Waals surface area contributed by atoms with Gasteiger partial charge in [-0.1, -0.05) is 5.16 Å². The highest BCUT2D eigenvalue weighted by atomic mass is 16.6. The third-order valence-corrected chi connectivity index (χ3v) is 2.98. The number of benzene rings is 1. The molecule has 20 heavy (non-hydrogen) atoms. The summed E-state index contributed by atoms with van der Waals surface area (Å²) in [5.41, 5.74) is 0.831. The van der Waals surface area contributed by atoms with E-state index < -0.39 is 4.92 Å². The van der Waals surface area contributed by atoms with Crippen molar-refractivity contribution in [1.29, 1.82) is 0 Å². The van der Waals surface area contributed by atoms with Crippen LogP contribution in [0, 0.1) is 10.1 Å². The van der Waals surface area contributed by atoms with Crippen LogP contribution < -0.4 is 0 Å². The molecule has 7 heteroatoms. The maximum absolute atomic E-state index is 10.5. The van der Waals surface area contributed by atoms with E-state index in [4.69, 9.17) is 9.57 Å². The van der Waals surface area contributed by atoms with Crippen LogP contribution in [0.4, 0.5) is 5.69 Å². The number of hydrogen-bond acceptors (Lipinski definition) is 6. The fourth-order valence-electron chi connectivity index (χ4n) is 1.83. The van der Waals surface area contributed by atoms with E-state index >= 15 is 0 Å². The van der Waals surface area contributed by atoms with Gasteiger partial charge in [0.25, 0.3) is 5.69 Å². The summed E-state index contributed by atoms with van der Waals surface area (Å²) in [7, 11) is 0. The highest BCUT2D eigenvalue weighted by molar-refractivity contribution is 5.79. The lowest BCUT2D eigenvalue weighted by atomic mass is 10.2. The fraction of sp³-hybridized carbons (Fsp3) is 0.462. The van der Waals surface area contributed by atoms with Gasteiger partial charge in [-0.05, 0) is 17.7 Å². The minimum atomic E-state index is -0.431. The van der Waals surface area contributed by atoms with E-state index in [1.165, 1.54) is 12.1 Å². The van der Waals surface area contributed by atoms with Crippen LogP contribution in [-0.4, -0.2) is 55.5 Å². The van der Waals surface area contributed by atoms with Gasteiger partial charge >= 0.3 is 0 Å². The van der Waals surface area contributed by atoms with E-state index in [9.17, 15) is 10.1 Å². The van der Waals surface area contributed by atoms with Crippen LogP contribution in [0.5, 0.6) is 0 Å². The molecule has 0 saturated carbocycles. The van der Waals surface area contributed by atoms with E-state index in [0.717, 1.165) is 38.4 Å². The van der Waals surface area contributed by atoms with Gasteiger partial charge in [0.05, 0.1) is 24.4 Å². The Kier molecular flexibility index (Phi) is 5.45. The maximum Gasteiger partial charge on any atom is 0.269 e. The molecule has 1 saturated heterocycles. The zero-order valence-electron chi connectivity index (χ0n) is 11.1. The second-order valence-corrected chi connectivity index (χ2v) is 4.37. The molecule has 1 aliphatic heterocycles. The van der Waals surface area contributed by atoms with Crippen molar-refractivity contribution < 1.29 is 14.5 Å². The molecule has 0 aromatic heterocycles. The van der Waals surface area contributed by atoms with Crippen LogP contribution in [0.1, 0.15) is 5.56 Å². The molecule has 0 unspecified atom stereocenters. The maximum atomic E-state index is 10.5. The van der Waals surface area contributed by atoms with Gasteiger partial charge in [0.2, 0.25) is 0 Å². The summed E-state index contributed by atoms with van der Waals surface area (Å²) in [5, 5.41) is 14.3. The van der Waals surface area contributed by atoms with Gasteiger partial charge in [-0.2, -0.15) is 0 Å². The number of oxime groups is 1. The van der Waals surface area contributed by atoms with Crippen LogP contribution in [0.2, 0.25) is 0 Å². The number of non-ortho nitro benzene ring substituents is 1. The Bertz CT molecular complexity index is 455. The minimum Gasteiger partial charge on any atom is -0.394 e. The van der Waals surface area contributed by atoms with Gasteiger partial charge in [-0.15, -0.1) is 0 Å². The lowest BCUT2D eigenvalue weighted by Gasteiger charge is -2.25. The standard InChI is InChI=1S/C13H17N3O4/c17-16(18)13-3-1-12(2-4-13)11-14-20-10-7-15-5-8-19-9-6-15/h1-4,11H,5-10H2/b14-11+. The lowest BCUT2D eigenvalue weighted by molar-refractivity contribution is -0.384. The fourth-order valence-corrected chi connectivity index (χ4v) is 1.83. The molecule has 0 atom stereocenters. The van der Waals surface area contributed by atoms with Crippen molar-refractivity contribution in [2.75, 3.05) is 39.5 Å². The molecule has 1 aliphatic rings. The predicted octanol–water partition coefficient (Wildman–Crippen LogP) is 1.28. The number of rotatable bonds is 6. The van der Waals surface area contributed by atoms with Crippen LogP contribution in [-0.2, 0) is 9.57 Å². The zero-order chi connectivity index (χ0) is 14.2. The van der Waals surface area contributed by atoms with Crippen LogP contribution >= 0.6 is 0 Å². The van der Waals surface area contributed by atoms with Crippen LogP contribution in [0.15, 0.2) is 29.4 Å². The number of nitrogens with zero attached hydrogens (tertiary/aromatic N) is 3. The van der Waals surface area contributed by atoms with Crippen molar-refractivity contribution >= 4 is 11.9 Å². The summed E-state index contributed by atoms with van der Waals surface area (Å²) >= 11 is 0. The minimum absolute atomic E-state index is 0.0652. The van der Waals surface area contributed by atoms with Crippen LogP contribution in [0.25, 0.3) is 0 Å². The largest absolute Gasteiger partial charge is 0.394 e. The monoisotopic (exact) mass is 279 g/mol. The van der Waals surface area contributed by atoms with Gasteiger partial charge in [0.15, 0.2) is 0 Å². The van der Waals surface area contributed by atoms with E-state index in [2.05, 4.69) is 10.1 Å². The molecular weight excluding hydrogens is 262 g/mol. The summed E-state index contributed by atoms with van der Waals surface area (Å²) in [5.74, 6) is 0. The van der Waals surface area contributed by atoms with Crippen molar-refractivity contribution in [2.24, 2.45) is 5.16 Å². The Morgan fingerprint density at radius 2 is 2.05 bits per heavy atom. The average molecular weight is 279 g/mol. The van der Waals surface area contributed by atoms with E-state index in [-0.39, 0.29) is 5.69 Å². The molecule has 0 radical (unpaired) electrons. The summed E-state index contributed by atoms with van der Waals surface area (Å²) < 4.78 is 5.25. The summed E-state index contributed by atoms with van der Waals surface area (Å²) in [6.07, 6.45) is 1.54. The number of morpholine rings is 1. The zero-order valence-corrected chi connectivity index (χ0v) is 11.1. The highest BCUT2D eigenvalue weighted by Crippen LogP contribution is 2.10. The van der Waals surface area contributed by atoms with Gasteiger partial charge < -0.3 is 9.57 Å². The Morgan fingerprint density at radius 1 is 1.35 bits per heavy atom. The molecular formula is C13H17N3O4. The first-order valence-corrected chi connectivity index (χ1v) is 6.45.